The third-order valence-electron chi connectivity index (χ3n) is 2.93. The Bertz CT molecular complexity index is 948. The van der Waals surface area contributed by atoms with Crippen molar-refractivity contribution in [1.29, 1.82) is 0 Å². The minimum Gasteiger partial charge on any atom is -0.368 e. The molecule has 2 N–H and O–H groups in total. The van der Waals surface area contributed by atoms with E-state index in [2.05, 4.69) is 20.1 Å². The zero-order valence-corrected chi connectivity index (χ0v) is 12.2. The van der Waals surface area contributed by atoms with E-state index in [1.54, 1.807) is 0 Å². The van der Waals surface area contributed by atoms with Gasteiger partial charge in [0.1, 0.15) is 0 Å². The Balaban J connectivity index is 2.26. The second kappa shape index (κ2) is 4.48. The monoisotopic (exact) mass is 304 g/mol. The van der Waals surface area contributed by atoms with Crippen LogP contribution >= 0.6 is 0 Å². The van der Waals surface area contributed by atoms with Gasteiger partial charge in [-0.3, -0.25) is 0 Å². The molecule has 3 aromatic rings. The highest BCUT2D eigenvalue weighted by atomic mass is 32.2. The summed E-state index contributed by atoms with van der Waals surface area (Å²) >= 11 is 0. The molecule has 2 heterocycles. The molecule has 3 rings (SSSR count). The van der Waals surface area contributed by atoms with Gasteiger partial charge < -0.3 is 5.73 Å². The average molecular weight is 304 g/mol. The Hall–Kier alpha value is -2.55. The summed E-state index contributed by atoms with van der Waals surface area (Å²) in [5.74, 6) is 0.439. The van der Waals surface area contributed by atoms with Crippen molar-refractivity contribution in [2.45, 2.75) is 12.1 Å². The van der Waals surface area contributed by atoms with Crippen LogP contribution in [0.1, 0.15) is 5.56 Å². The molecule has 9 heteroatoms. The molecule has 8 nitrogen and oxygen atoms in total. The number of hydrogen-bond acceptors (Lipinski definition) is 7. The van der Waals surface area contributed by atoms with E-state index in [0.717, 1.165) is 17.4 Å². The lowest BCUT2D eigenvalue weighted by Gasteiger charge is -1.99. The van der Waals surface area contributed by atoms with Gasteiger partial charge in [-0.05, 0) is 12.5 Å². The lowest BCUT2D eigenvalue weighted by atomic mass is 10.1. The SMILES string of the molecule is Cc1ccccc1-c1nc2nc(S(C)(=O)=O)nc(N)n2n1. The van der Waals surface area contributed by atoms with E-state index < -0.39 is 9.84 Å². The molecule has 1 aromatic carbocycles. The summed E-state index contributed by atoms with van der Waals surface area (Å²) in [5, 5.41) is 3.86. The molecule has 0 atom stereocenters. The third-order valence-corrected chi connectivity index (χ3v) is 3.78. The molecule has 2 aromatic heterocycles. The van der Waals surface area contributed by atoms with Crippen molar-refractivity contribution < 1.29 is 8.42 Å². The van der Waals surface area contributed by atoms with Gasteiger partial charge in [0, 0.05) is 11.8 Å². The third kappa shape index (κ3) is 2.31. The maximum Gasteiger partial charge on any atom is 0.258 e. The molecule has 21 heavy (non-hydrogen) atoms. The van der Waals surface area contributed by atoms with E-state index in [1.807, 2.05) is 31.2 Å². The first-order chi connectivity index (χ1) is 9.86. The lowest BCUT2D eigenvalue weighted by Crippen LogP contribution is -2.11. The molecule has 0 bridgehead atoms. The van der Waals surface area contributed by atoms with Gasteiger partial charge in [0.15, 0.2) is 5.82 Å². The minimum atomic E-state index is -3.56. The maximum absolute atomic E-state index is 11.5. The van der Waals surface area contributed by atoms with Gasteiger partial charge in [0.05, 0.1) is 0 Å². The summed E-state index contributed by atoms with van der Waals surface area (Å²) in [6, 6.07) is 7.57. The first-order valence-electron chi connectivity index (χ1n) is 6.02. The van der Waals surface area contributed by atoms with Crippen molar-refractivity contribution >= 4 is 21.6 Å². The molecule has 0 aliphatic rings. The van der Waals surface area contributed by atoms with Crippen molar-refractivity contribution in [3.8, 4) is 11.4 Å². The topological polar surface area (TPSA) is 116 Å². The molecule has 0 saturated heterocycles. The quantitative estimate of drug-likeness (QED) is 0.731. The Kier molecular flexibility index (Phi) is 2.87. The van der Waals surface area contributed by atoms with Gasteiger partial charge in [-0.15, -0.1) is 5.10 Å². The predicted molar refractivity (Wildman–Crippen MR) is 76.3 cm³/mol. The van der Waals surface area contributed by atoms with Crippen molar-refractivity contribution in [2.24, 2.45) is 0 Å². The largest absolute Gasteiger partial charge is 0.368 e. The van der Waals surface area contributed by atoms with Gasteiger partial charge >= 0.3 is 0 Å². The Morgan fingerprint density at radius 3 is 2.52 bits per heavy atom. The smallest absolute Gasteiger partial charge is 0.258 e. The summed E-state index contributed by atoms with van der Waals surface area (Å²) in [4.78, 5) is 11.9. The molecule has 0 aliphatic heterocycles. The summed E-state index contributed by atoms with van der Waals surface area (Å²) in [6.45, 7) is 1.93. The van der Waals surface area contributed by atoms with Crippen LogP contribution < -0.4 is 5.73 Å². The molecule has 0 radical (unpaired) electrons. The summed E-state index contributed by atoms with van der Waals surface area (Å²) in [7, 11) is -3.56. The molecule has 0 amide bonds. The average Bonchev–Trinajstić information content (AvgIpc) is 2.82. The summed E-state index contributed by atoms with van der Waals surface area (Å²) in [6.07, 6.45) is 1.01. The van der Waals surface area contributed by atoms with Crippen LogP contribution in [0.15, 0.2) is 29.4 Å². The van der Waals surface area contributed by atoms with Crippen LogP contribution in [-0.4, -0.2) is 39.2 Å². The second-order valence-electron chi connectivity index (χ2n) is 4.60. The first kappa shape index (κ1) is 13.4. The number of nitrogens with zero attached hydrogens (tertiary/aromatic N) is 5. The number of fused-ring (bicyclic) bond motifs is 1. The number of sulfone groups is 1. The fourth-order valence-corrected chi connectivity index (χ4v) is 2.40. The summed E-state index contributed by atoms with van der Waals surface area (Å²) in [5.41, 5.74) is 7.54. The zero-order valence-electron chi connectivity index (χ0n) is 11.3. The van der Waals surface area contributed by atoms with Crippen LogP contribution in [0.3, 0.4) is 0 Å². The van der Waals surface area contributed by atoms with Crippen LogP contribution in [0.2, 0.25) is 0 Å². The van der Waals surface area contributed by atoms with E-state index in [9.17, 15) is 8.42 Å². The number of aryl methyl sites for hydroxylation is 1. The Labute approximate surface area is 120 Å². The Morgan fingerprint density at radius 1 is 1.14 bits per heavy atom. The predicted octanol–water partition coefficient (Wildman–Crippen LogP) is 0.480. The number of nitrogens with two attached hydrogens (primary N) is 1. The number of hydrogen-bond donors (Lipinski definition) is 1. The lowest BCUT2D eigenvalue weighted by molar-refractivity contribution is 0.592. The highest BCUT2D eigenvalue weighted by molar-refractivity contribution is 7.90. The van der Waals surface area contributed by atoms with Gasteiger partial charge in [0.25, 0.3) is 10.9 Å². The highest BCUT2D eigenvalue weighted by Gasteiger charge is 2.18. The highest BCUT2D eigenvalue weighted by Crippen LogP contribution is 2.20. The van der Waals surface area contributed by atoms with E-state index >= 15 is 0 Å². The minimum absolute atomic E-state index is 0.0761. The van der Waals surface area contributed by atoms with Crippen LogP contribution in [0.25, 0.3) is 17.2 Å². The van der Waals surface area contributed by atoms with Crippen molar-refractivity contribution in [3.05, 3.63) is 29.8 Å². The number of benzene rings is 1. The standard InChI is InChI=1S/C12H12N6O2S/c1-7-5-3-4-6-8(7)9-14-11-16-12(21(2,19)20)15-10(13)18(11)17-9/h3-6H,1-2H3,(H2,13,14,15,16,17). The van der Waals surface area contributed by atoms with E-state index in [0.29, 0.717) is 5.82 Å². The van der Waals surface area contributed by atoms with Crippen LogP contribution in [0.5, 0.6) is 0 Å². The first-order valence-corrected chi connectivity index (χ1v) is 7.92. The summed E-state index contributed by atoms with van der Waals surface area (Å²) < 4.78 is 24.3. The molecule has 0 fully saturated rings. The molecule has 0 spiro atoms. The number of nitrogen functional groups attached to an aromatic ring is 1. The van der Waals surface area contributed by atoms with Gasteiger partial charge in [-0.1, -0.05) is 24.3 Å². The number of aromatic nitrogens is 5. The van der Waals surface area contributed by atoms with Gasteiger partial charge in [0.2, 0.25) is 15.8 Å². The molecular weight excluding hydrogens is 292 g/mol. The van der Waals surface area contributed by atoms with Crippen molar-refractivity contribution in [2.75, 3.05) is 12.0 Å². The van der Waals surface area contributed by atoms with E-state index in [4.69, 9.17) is 5.73 Å². The normalized spacial score (nSPS) is 11.9. The van der Waals surface area contributed by atoms with Crippen LogP contribution in [0.4, 0.5) is 5.95 Å². The van der Waals surface area contributed by atoms with Crippen LogP contribution in [0, 0.1) is 6.92 Å². The molecule has 0 aliphatic carbocycles. The van der Waals surface area contributed by atoms with E-state index in [1.165, 1.54) is 4.52 Å². The molecule has 0 saturated carbocycles. The number of rotatable bonds is 2. The number of anilines is 1. The fourth-order valence-electron chi connectivity index (χ4n) is 1.89. The van der Waals surface area contributed by atoms with Crippen molar-refractivity contribution in [3.63, 3.8) is 0 Å². The zero-order chi connectivity index (χ0) is 15.2. The van der Waals surface area contributed by atoms with Crippen LogP contribution in [-0.2, 0) is 9.84 Å². The second-order valence-corrected chi connectivity index (χ2v) is 6.51. The molecule has 108 valence electrons. The van der Waals surface area contributed by atoms with Gasteiger partial charge in [-0.2, -0.15) is 19.5 Å². The Morgan fingerprint density at radius 2 is 1.86 bits per heavy atom. The van der Waals surface area contributed by atoms with Gasteiger partial charge in [-0.25, -0.2) is 8.42 Å². The molecule has 0 unspecified atom stereocenters. The van der Waals surface area contributed by atoms with Crippen molar-refractivity contribution in [1.82, 2.24) is 24.6 Å². The van der Waals surface area contributed by atoms with E-state index in [-0.39, 0.29) is 16.9 Å². The molecular formula is C12H12N6O2S. The maximum atomic E-state index is 11.5. The fraction of sp³-hybridized carbons (Fsp3) is 0.167.